The monoisotopic (exact) mass is 303 g/mol. The summed E-state index contributed by atoms with van der Waals surface area (Å²) in [7, 11) is 0. The zero-order chi connectivity index (χ0) is 15.1. The molecule has 2 rings (SSSR count). The lowest BCUT2D eigenvalue weighted by atomic mass is 10.1. The van der Waals surface area contributed by atoms with Gasteiger partial charge < -0.3 is 10.6 Å². The van der Waals surface area contributed by atoms with E-state index < -0.39 is 0 Å². The summed E-state index contributed by atoms with van der Waals surface area (Å²) in [5.74, 6) is 0. The zero-order valence-electron chi connectivity index (χ0n) is 12.4. The number of benzene rings is 1. The van der Waals surface area contributed by atoms with Crippen molar-refractivity contribution in [3.63, 3.8) is 0 Å². The van der Waals surface area contributed by atoms with Crippen molar-refractivity contribution in [2.24, 2.45) is 0 Å². The number of carbonyl (C=O) groups excluding carboxylic acids is 1. The van der Waals surface area contributed by atoms with Crippen molar-refractivity contribution in [2.75, 3.05) is 0 Å². The van der Waals surface area contributed by atoms with Gasteiger partial charge in [-0.15, -0.1) is 11.3 Å². The van der Waals surface area contributed by atoms with Crippen LogP contribution in [0.4, 0.5) is 4.79 Å². The summed E-state index contributed by atoms with van der Waals surface area (Å²) in [6.45, 7) is 4.52. The Balaban J connectivity index is 1.67. The van der Waals surface area contributed by atoms with Gasteiger partial charge >= 0.3 is 6.03 Å². The van der Waals surface area contributed by atoms with Gasteiger partial charge in [0, 0.05) is 17.1 Å². The molecule has 0 saturated heterocycles. The van der Waals surface area contributed by atoms with Crippen LogP contribution in [0.5, 0.6) is 0 Å². The molecule has 0 bridgehead atoms. The highest BCUT2D eigenvalue weighted by molar-refractivity contribution is 7.11. The maximum absolute atomic E-state index is 11.8. The smallest absolute Gasteiger partial charge is 0.315 e. The van der Waals surface area contributed by atoms with Crippen molar-refractivity contribution in [3.8, 4) is 0 Å². The summed E-state index contributed by atoms with van der Waals surface area (Å²) in [5, 5.41) is 6.84. The lowest BCUT2D eigenvalue weighted by Crippen LogP contribution is -2.40. The average Bonchev–Trinajstić information content (AvgIpc) is 2.90. The van der Waals surface area contributed by atoms with E-state index in [-0.39, 0.29) is 12.1 Å². The summed E-state index contributed by atoms with van der Waals surface area (Å²) in [6.07, 6.45) is 3.70. The highest BCUT2D eigenvalue weighted by atomic mass is 32.1. The van der Waals surface area contributed by atoms with Crippen molar-refractivity contribution >= 4 is 17.4 Å². The van der Waals surface area contributed by atoms with Gasteiger partial charge in [0.25, 0.3) is 0 Å². The summed E-state index contributed by atoms with van der Waals surface area (Å²) in [4.78, 5) is 17.0. The van der Waals surface area contributed by atoms with Crippen molar-refractivity contribution in [1.29, 1.82) is 0 Å². The van der Waals surface area contributed by atoms with Crippen LogP contribution in [0.15, 0.2) is 36.5 Å². The predicted octanol–water partition coefficient (Wildman–Crippen LogP) is 3.27. The normalized spacial score (nSPS) is 11.9. The van der Waals surface area contributed by atoms with E-state index in [0.717, 1.165) is 22.7 Å². The molecule has 2 amide bonds. The molecule has 1 aromatic heterocycles. The highest BCUT2D eigenvalue weighted by Crippen LogP contribution is 2.10. The highest BCUT2D eigenvalue weighted by Gasteiger charge is 2.07. The average molecular weight is 303 g/mol. The maximum Gasteiger partial charge on any atom is 0.315 e. The topological polar surface area (TPSA) is 54.0 Å². The zero-order valence-corrected chi connectivity index (χ0v) is 13.2. The van der Waals surface area contributed by atoms with E-state index >= 15 is 0 Å². The number of nitrogens with one attached hydrogen (secondary N) is 2. The number of aromatic nitrogens is 1. The molecular formula is C16H21N3OS. The molecule has 0 spiro atoms. The predicted molar refractivity (Wildman–Crippen MR) is 86.4 cm³/mol. The number of amides is 2. The molecule has 1 aromatic carbocycles. The molecule has 1 heterocycles. The van der Waals surface area contributed by atoms with Crippen LogP contribution in [0, 0.1) is 6.92 Å². The SMILES string of the molecule is Cc1ncc(CNC(=O)NC(C)CCc2ccccc2)s1. The van der Waals surface area contributed by atoms with Gasteiger partial charge in [0.15, 0.2) is 0 Å². The van der Waals surface area contributed by atoms with Crippen LogP contribution in [0.25, 0.3) is 0 Å². The molecule has 0 aliphatic carbocycles. The van der Waals surface area contributed by atoms with Crippen LogP contribution in [-0.2, 0) is 13.0 Å². The van der Waals surface area contributed by atoms with Crippen LogP contribution < -0.4 is 10.6 Å². The maximum atomic E-state index is 11.8. The number of hydrogen-bond acceptors (Lipinski definition) is 3. The fraction of sp³-hybridized carbons (Fsp3) is 0.375. The number of rotatable bonds is 6. The molecule has 0 aliphatic heterocycles. The first-order valence-electron chi connectivity index (χ1n) is 7.13. The molecule has 0 fully saturated rings. The first kappa shape index (κ1) is 15.5. The Hall–Kier alpha value is -1.88. The van der Waals surface area contributed by atoms with Gasteiger partial charge in [-0.1, -0.05) is 30.3 Å². The lowest BCUT2D eigenvalue weighted by Gasteiger charge is -2.14. The van der Waals surface area contributed by atoms with Gasteiger partial charge in [-0.2, -0.15) is 0 Å². The number of urea groups is 1. The quantitative estimate of drug-likeness (QED) is 0.860. The second kappa shape index (κ2) is 7.78. The molecule has 2 N–H and O–H groups in total. The van der Waals surface area contributed by atoms with Gasteiger partial charge in [0.2, 0.25) is 0 Å². The summed E-state index contributed by atoms with van der Waals surface area (Å²) < 4.78 is 0. The van der Waals surface area contributed by atoms with Crippen molar-refractivity contribution in [1.82, 2.24) is 15.6 Å². The van der Waals surface area contributed by atoms with Crippen LogP contribution >= 0.6 is 11.3 Å². The lowest BCUT2D eigenvalue weighted by molar-refractivity contribution is 0.237. The first-order chi connectivity index (χ1) is 10.1. The minimum Gasteiger partial charge on any atom is -0.336 e. The fourth-order valence-electron chi connectivity index (χ4n) is 2.03. The molecule has 112 valence electrons. The van der Waals surface area contributed by atoms with Crippen molar-refractivity contribution < 1.29 is 4.79 Å². The Labute approximate surface area is 129 Å². The Morgan fingerprint density at radius 2 is 2.10 bits per heavy atom. The van der Waals surface area contributed by atoms with Crippen LogP contribution in [-0.4, -0.2) is 17.1 Å². The summed E-state index contributed by atoms with van der Waals surface area (Å²) in [6, 6.07) is 10.3. The van der Waals surface area contributed by atoms with Gasteiger partial charge in [-0.05, 0) is 32.3 Å². The van der Waals surface area contributed by atoms with E-state index in [9.17, 15) is 4.79 Å². The van der Waals surface area contributed by atoms with Gasteiger partial charge in [-0.25, -0.2) is 9.78 Å². The van der Waals surface area contributed by atoms with Gasteiger partial charge in [-0.3, -0.25) is 0 Å². The molecule has 4 nitrogen and oxygen atoms in total. The Bertz CT molecular complexity index is 568. The summed E-state index contributed by atoms with van der Waals surface area (Å²) >= 11 is 1.60. The Morgan fingerprint density at radius 3 is 2.76 bits per heavy atom. The Kier molecular flexibility index (Phi) is 5.75. The van der Waals surface area contributed by atoms with E-state index in [4.69, 9.17) is 0 Å². The third kappa shape index (κ3) is 5.55. The molecule has 1 atom stereocenters. The number of thiazole rings is 1. The number of aryl methyl sites for hydroxylation is 2. The third-order valence-corrected chi connectivity index (χ3v) is 4.09. The third-order valence-electron chi connectivity index (χ3n) is 3.18. The largest absolute Gasteiger partial charge is 0.336 e. The summed E-state index contributed by atoms with van der Waals surface area (Å²) in [5.41, 5.74) is 1.30. The Morgan fingerprint density at radius 1 is 1.33 bits per heavy atom. The molecule has 0 radical (unpaired) electrons. The first-order valence-corrected chi connectivity index (χ1v) is 7.94. The molecular weight excluding hydrogens is 282 g/mol. The van der Waals surface area contributed by atoms with E-state index in [2.05, 4.69) is 27.8 Å². The second-order valence-corrected chi connectivity index (χ2v) is 6.42. The molecule has 0 aliphatic rings. The van der Waals surface area contributed by atoms with Gasteiger partial charge in [0.05, 0.1) is 11.6 Å². The molecule has 2 aromatic rings. The van der Waals surface area contributed by atoms with Crippen molar-refractivity contribution in [2.45, 2.75) is 39.3 Å². The number of carbonyl (C=O) groups is 1. The number of nitrogens with zero attached hydrogens (tertiary/aromatic N) is 1. The van der Waals surface area contributed by atoms with Crippen LogP contribution in [0.1, 0.15) is 28.8 Å². The van der Waals surface area contributed by atoms with Crippen LogP contribution in [0.3, 0.4) is 0 Å². The standard InChI is InChI=1S/C16H21N3OS/c1-12(8-9-14-6-4-3-5-7-14)19-16(20)18-11-15-10-17-13(2)21-15/h3-7,10,12H,8-9,11H2,1-2H3,(H2,18,19,20). The van der Waals surface area contributed by atoms with Crippen molar-refractivity contribution in [3.05, 3.63) is 52.0 Å². The minimum absolute atomic E-state index is 0.124. The van der Waals surface area contributed by atoms with E-state index in [1.807, 2.05) is 32.0 Å². The van der Waals surface area contributed by atoms with Crippen LogP contribution in [0.2, 0.25) is 0 Å². The van der Waals surface area contributed by atoms with Gasteiger partial charge in [0.1, 0.15) is 0 Å². The molecule has 5 heteroatoms. The molecule has 21 heavy (non-hydrogen) atoms. The number of hydrogen-bond donors (Lipinski definition) is 2. The molecule has 0 saturated carbocycles. The fourth-order valence-corrected chi connectivity index (χ4v) is 2.76. The van der Waals surface area contributed by atoms with E-state index in [0.29, 0.717) is 6.54 Å². The molecule has 1 unspecified atom stereocenters. The minimum atomic E-state index is -0.124. The van der Waals surface area contributed by atoms with E-state index in [1.165, 1.54) is 5.56 Å². The second-order valence-electron chi connectivity index (χ2n) is 5.10. The van der Waals surface area contributed by atoms with E-state index in [1.54, 1.807) is 17.5 Å².